The minimum Gasteiger partial charge on any atom is -0.296 e. The van der Waals surface area contributed by atoms with Crippen LogP contribution < -0.4 is 0 Å². The second-order valence-corrected chi connectivity index (χ2v) is 5.63. The van der Waals surface area contributed by atoms with E-state index in [2.05, 4.69) is 49.3 Å². The van der Waals surface area contributed by atoms with Crippen molar-refractivity contribution in [3.8, 4) is 16.9 Å². The molecule has 0 N–H and O–H groups in total. The summed E-state index contributed by atoms with van der Waals surface area (Å²) in [6.07, 6.45) is 1.65. The minimum absolute atomic E-state index is 0.360. The Hall–Kier alpha value is -2.75. The number of rotatable bonds is 4. The van der Waals surface area contributed by atoms with Crippen LogP contribution in [-0.2, 0) is 6.42 Å². The van der Waals surface area contributed by atoms with Crippen molar-refractivity contribution < 1.29 is 4.79 Å². The molecule has 1 heterocycles. The van der Waals surface area contributed by atoms with E-state index >= 15 is 0 Å². The summed E-state index contributed by atoms with van der Waals surface area (Å²) in [7, 11) is 0. The van der Waals surface area contributed by atoms with Gasteiger partial charge in [-0.2, -0.15) is 0 Å². The monoisotopic (exact) mass is 305 g/mol. The van der Waals surface area contributed by atoms with Gasteiger partial charge in [-0.3, -0.25) is 4.79 Å². The number of aromatic nitrogens is 3. The van der Waals surface area contributed by atoms with Gasteiger partial charge >= 0.3 is 0 Å². The van der Waals surface area contributed by atoms with Crippen molar-refractivity contribution >= 4 is 6.29 Å². The zero-order valence-corrected chi connectivity index (χ0v) is 13.6. The molecule has 23 heavy (non-hydrogen) atoms. The van der Waals surface area contributed by atoms with Crippen LogP contribution in [0.5, 0.6) is 0 Å². The highest BCUT2D eigenvalue weighted by molar-refractivity contribution is 5.84. The zero-order valence-electron chi connectivity index (χ0n) is 13.6. The van der Waals surface area contributed by atoms with Crippen molar-refractivity contribution in [1.29, 1.82) is 0 Å². The van der Waals surface area contributed by atoms with E-state index in [-0.39, 0.29) is 0 Å². The Kier molecular flexibility index (Phi) is 4.06. The van der Waals surface area contributed by atoms with Gasteiger partial charge in [-0.25, -0.2) is 4.68 Å². The molecule has 2 aromatic carbocycles. The normalized spacial score (nSPS) is 10.7. The summed E-state index contributed by atoms with van der Waals surface area (Å²) in [4.78, 5) is 11.4. The first kappa shape index (κ1) is 15.2. The molecule has 0 aliphatic rings. The van der Waals surface area contributed by atoms with Crippen LogP contribution in [-0.4, -0.2) is 21.3 Å². The summed E-state index contributed by atoms with van der Waals surface area (Å²) < 4.78 is 1.77. The lowest BCUT2D eigenvalue weighted by Crippen LogP contribution is -2.04. The Morgan fingerprint density at radius 2 is 1.87 bits per heavy atom. The van der Waals surface area contributed by atoms with Crippen LogP contribution in [0.4, 0.5) is 0 Å². The Bertz CT molecular complexity index is 865. The molecule has 0 saturated carbocycles. The van der Waals surface area contributed by atoms with Gasteiger partial charge in [0.25, 0.3) is 0 Å². The Labute approximate surface area is 135 Å². The summed E-state index contributed by atoms with van der Waals surface area (Å²) in [5, 5.41) is 8.29. The number of aryl methyl sites for hydroxylation is 3. The minimum atomic E-state index is 0.360. The van der Waals surface area contributed by atoms with Crippen LogP contribution in [0.3, 0.4) is 0 Å². The Balaban J connectivity index is 2.26. The topological polar surface area (TPSA) is 47.8 Å². The molecule has 0 aliphatic carbocycles. The largest absolute Gasteiger partial charge is 0.296 e. The van der Waals surface area contributed by atoms with Crippen LogP contribution in [0.25, 0.3) is 16.9 Å². The van der Waals surface area contributed by atoms with E-state index in [1.165, 1.54) is 16.7 Å². The second-order valence-electron chi connectivity index (χ2n) is 5.63. The molecule has 116 valence electrons. The highest BCUT2D eigenvalue weighted by Crippen LogP contribution is 2.27. The van der Waals surface area contributed by atoms with E-state index < -0.39 is 0 Å². The number of nitrogens with zero attached hydrogens (tertiary/aromatic N) is 3. The van der Waals surface area contributed by atoms with E-state index in [1.807, 2.05) is 24.3 Å². The maximum absolute atomic E-state index is 11.4. The molecule has 0 bridgehead atoms. The molecule has 0 atom stereocenters. The number of hydrogen-bond acceptors (Lipinski definition) is 3. The van der Waals surface area contributed by atoms with Gasteiger partial charge in [-0.15, -0.1) is 5.10 Å². The highest BCUT2D eigenvalue weighted by Gasteiger charge is 2.17. The summed E-state index contributed by atoms with van der Waals surface area (Å²) >= 11 is 0. The maximum atomic E-state index is 11.4. The molecule has 0 spiro atoms. The summed E-state index contributed by atoms with van der Waals surface area (Å²) in [6, 6.07) is 14.2. The van der Waals surface area contributed by atoms with Crippen molar-refractivity contribution in [1.82, 2.24) is 15.0 Å². The number of benzene rings is 2. The predicted molar refractivity (Wildman–Crippen MR) is 91.0 cm³/mol. The first-order valence-corrected chi connectivity index (χ1v) is 7.72. The predicted octanol–water partition coefficient (Wildman–Crippen LogP) is 3.93. The fourth-order valence-electron chi connectivity index (χ4n) is 2.72. The van der Waals surface area contributed by atoms with Crippen LogP contribution in [0.1, 0.15) is 34.1 Å². The van der Waals surface area contributed by atoms with Gasteiger partial charge < -0.3 is 0 Å². The molecule has 0 fully saturated rings. The molecule has 0 unspecified atom stereocenters. The van der Waals surface area contributed by atoms with Gasteiger partial charge in [0.1, 0.15) is 5.69 Å². The Morgan fingerprint density at radius 1 is 1.09 bits per heavy atom. The smallest absolute Gasteiger partial charge is 0.172 e. The third-order valence-corrected chi connectivity index (χ3v) is 4.19. The van der Waals surface area contributed by atoms with Gasteiger partial charge in [0, 0.05) is 5.56 Å². The van der Waals surface area contributed by atoms with E-state index in [0.717, 1.165) is 29.7 Å². The van der Waals surface area contributed by atoms with E-state index in [1.54, 1.807) is 4.68 Å². The van der Waals surface area contributed by atoms with E-state index in [9.17, 15) is 4.79 Å². The fourth-order valence-corrected chi connectivity index (χ4v) is 2.72. The SMILES string of the molecule is CCc1ccccc1-n1nnc(C=O)c1-c1ccc(C)c(C)c1. The Morgan fingerprint density at radius 3 is 2.57 bits per heavy atom. The number of carbonyl (C=O) groups excluding carboxylic acids is 1. The van der Waals surface area contributed by atoms with Gasteiger partial charge in [0.05, 0.1) is 5.69 Å². The maximum Gasteiger partial charge on any atom is 0.172 e. The second kappa shape index (κ2) is 6.16. The lowest BCUT2D eigenvalue weighted by Gasteiger charge is -2.12. The molecule has 0 saturated heterocycles. The summed E-state index contributed by atoms with van der Waals surface area (Å²) in [6.45, 7) is 6.24. The van der Waals surface area contributed by atoms with Crippen molar-refractivity contribution in [2.45, 2.75) is 27.2 Å². The van der Waals surface area contributed by atoms with Gasteiger partial charge in [-0.05, 0) is 49.1 Å². The van der Waals surface area contributed by atoms with Crippen LogP contribution in [0, 0.1) is 13.8 Å². The standard InChI is InChI=1S/C19H19N3O/c1-4-15-7-5-6-8-18(15)22-19(17(12-23)20-21-22)16-10-9-13(2)14(3)11-16/h5-12H,4H2,1-3H3. The van der Waals surface area contributed by atoms with Crippen LogP contribution >= 0.6 is 0 Å². The first-order chi connectivity index (χ1) is 11.2. The van der Waals surface area contributed by atoms with Gasteiger partial charge in [0.15, 0.2) is 12.0 Å². The lowest BCUT2D eigenvalue weighted by atomic mass is 10.0. The van der Waals surface area contributed by atoms with Gasteiger partial charge in [-0.1, -0.05) is 42.5 Å². The average Bonchev–Trinajstić information content (AvgIpc) is 3.01. The molecule has 0 radical (unpaired) electrons. The molecular weight excluding hydrogens is 286 g/mol. The molecule has 3 aromatic rings. The van der Waals surface area contributed by atoms with Crippen molar-refractivity contribution in [3.05, 3.63) is 64.8 Å². The molecule has 4 nitrogen and oxygen atoms in total. The average molecular weight is 305 g/mol. The van der Waals surface area contributed by atoms with E-state index in [4.69, 9.17) is 0 Å². The first-order valence-electron chi connectivity index (χ1n) is 7.72. The third-order valence-electron chi connectivity index (χ3n) is 4.19. The molecule has 3 rings (SSSR count). The molecule has 0 aliphatic heterocycles. The fraction of sp³-hybridized carbons (Fsp3) is 0.211. The van der Waals surface area contributed by atoms with Crippen molar-refractivity contribution in [2.75, 3.05) is 0 Å². The van der Waals surface area contributed by atoms with E-state index in [0.29, 0.717) is 5.69 Å². The lowest BCUT2D eigenvalue weighted by molar-refractivity contribution is 0.111. The summed E-state index contributed by atoms with van der Waals surface area (Å²) in [5.41, 5.74) is 6.57. The number of hydrogen-bond donors (Lipinski definition) is 0. The molecule has 0 amide bonds. The van der Waals surface area contributed by atoms with Crippen LogP contribution in [0.15, 0.2) is 42.5 Å². The van der Waals surface area contributed by atoms with Crippen molar-refractivity contribution in [3.63, 3.8) is 0 Å². The third kappa shape index (κ3) is 2.68. The highest BCUT2D eigenvalue weighted by atomic mass is 16.1. The molecule has 4 heteroatoms. The summed E-state index contributed by atoms with van der Waals surface area (Å²) in [5.74, 6) is 0. The van der Waals surface area contributed by atoms with Crippen molar-refractivity contribution in [2.24, 2.45) is 0 Å². The number of aldehydes is 1. The van der Waals surface area contributed by atoms with Gasteiger partial charge in [0.2, 0.25) is 0 Å². The quantitative estimate of drug-likeness (QED) is 0.686. The zero-order chi connectivity index (χ0) is 16.4. The number of para-hydroxylation sites is 1. The molecule has 1 aromatic heterocycles. The van der Waals surface area contributed by atoms with Crippen LogP contribution in [0.2, 0.25) is 0 Å². The number of carbonyl (C=O) groups is 1. The molecular formula is C19H19N3O.